The Bertz CT molecular complexity index is 374. The zero-order chi connectivity index (χ0) is 11.3. The van der Waals surface area contributed by atoms with Gasteiger partial charge >= 0.3 is 0 Å². The number of carbonyl (C=O) groups excluding carboxylic acids is 1. The summed E-state index contributed by atoms with van der Waals surface area (Å²) in [6, 6.07) is 1.75. The molecule has 0 unspecified atom stereocenters. The molecule has 1 heterocycles. The topological polar surface area (TPSA) is 54.9 Å². The molecule has 0 fully saturated rings. The molecule has 4 heteroatoms. The fraction of sp³-hybridized carbons (Fsp3) is 0.364. The van der Waals surface area contributed by atoms with Crippen LogP contribution in [-0.2, 0) is 6.42 Å². The zero-order valence-corrected chi connectivity index (χ0v) is 9.08. The Morgan fingerprint density at radius 3 is 2.93 bits per heavy atom. The molecule has 0 saturated carbocycles. The first-order chi connectivity index (χ1) is 7.19. The number of rotatable bonds is 4. The smallest absolute Gasteiger partial charge is 0.253 e. The number of carbonyl (C=O) groups is 1. The summed E-state index contributed by atoms with van der Waals surface area (Å²) >= 11 is 0. The van der Waals surface area contributed by atoms with E-state index in [0.717, 1.165) is 11.4 Å². The lowest BCUT2D eigenvalue weighted by molar-refractivity contribution is 0.0956. The summed E-state index contributed by atoms with van der Waals surface area (Å²) in [7, 11) is 0. The van der Waals surface area contributed by atoms with Crippen molar-refractivity contribution in [2.45, 2.75) is 20.3 Å². The van der Waals surface area contributed by atoms with Gasteiger partial charge in [-0.2, -0.15) is 10.2 Å². The van der Waals surface area contributed by atoms with E-state index >= 15 is 0 Å². The molecule has 1 N–H and O–H groups in total. The molecule has 0 bridgehead atoms. The van der Waals surface area contributed by atoms with E-state index in [9.17, 15) is 4.79 Å². The fourth-order valence-electron chi connectivity index (χ4n) is 1.23. The van der Waals surface area contributed by atoms with E-state index in [2.05, 4.69) is 22.1 Å². The van der Waals surface area contributed by atoms with Crippen molar-refractivity contribution in [2.24, 2.45) is 0 Å². The average molecular weight is 205 g/mol. The van der Waals surface area contributed by atoms with Gasteiger partial charge in [0, 0.05) is 6.54 Å². The Labute approximate surface area is 89.4 Å². The highest BCUT2D eigenvalue weighted by Crippen LogP contribution is 2.06. The first-order valence-electron chi connectivity index (χ1n) is 4.91. The van der Waals surface area contributed by atoms with Gasteiger partial charge < -0.3 is 5.32 Å². The molecular formula is C11H15N3O. The molecule has 0 aliphatic rings. The standard InChI is InChI=1S/C11H15N3O/c1-4-6-12-11(15)9-7-8(3)13-14-10(9)5-2/h4,7H,1,5-6H2,2-3H3,(H,12,15). The number of nitrogens with zero attached hydrogens (tertiary/aromatic N) is 2. The zero-order valence-electron chi connectivity index (χ0n) is 9.08. The highest BCUT2D eigenvalue weighted by molar-refractivity contribution is 5.95. The number of hydrogen-bond donors (Lipinski definition) is 1. The minimum atomic E-state index is -0.121. The van der Waals surface area contributed by atoms with Gasteiger partial charge in [-0.3, -0.25) is 4.79 Å². The van der Waals surface area contributed by atoms with Crippen LogP contribution in [0, 0.1) is 6.92 Å². The summed E-state index contributed by atoms with van der Waals surface area (Å²) in [5.74, 6) is -0.121. The first-order valence-corrected chi connectivity index (χ1v) is 4.91. The minimum Gasteiger partial charge on any atom is -0.349 e. The van der Waals surface area contributed by atoms with Crippen LogP contribution < -0.4 is 5.32 Å². The molecule has 0 saturated heterocycles. The first kappa shape index (κ1) is 11.4. The van der Waals surface area contributed by atoms with Crippen molar-refractivity contribution in [1.29, 1.82) is 0 Å². The molecule has 0 radical (unpaired) electrons. The van der Waals surface area contributed by atoms with E-state index in [1.165, 1.54) is 0 Å². The Balaban J connectivity index is 2.94. The number of amides is 1. The van der Waals surface area contributed by atoms with E-state index in [0.29, 0.717) is 18.5 Å². The van der Waals surface area contributed by atoms with Crippen molar-refractivity contribution in [1.82, 2.24) is 15.5 Å². The van der Waals surface area contributed by atoms with E-state index in [1.54, 1.807) is 12.1 Å². The largest absolute Gasteiger partial charge is 0.349 e. The number of aryl methyl sites for hydroxylation is 2. The molecule has 1 amide bonds. The van der Waals surface area contributed by atoms with Crippen LogP contribution in [0.25, 0.3) is 0 Å². The quantitative estimate of drug-likeness (QED) is 0.753. The molecule has 1 aromatic rings. The van der Waals surface area contributed by atoms with Gasteiger partial charge in [0.05, 0.1) is 17.0 Å². The van der Waals surface area contributed by atoms with Gasteiger partial charge in [-0.25, -0.2) is 0 Å². The van der Waals surface area contributed by atoms with Crippen LogP contribution in [0.15, 0.2) is 18.7 Å². The molecule has 15 heavy (non-hydrogen) atoms. The van der Waals surface area contributed by atoms with E-state index in [1.807, 2.05) is 13.8 Å². The minimum absolute atomic E-state index is 0.121. The summed E-state index contributed by atoms with van der Waals surface area (Å²) in [6.45, 7) is 7.77. The molecule has 0 aliphatic heterocycles. The summed E-state index contributed by atoms with van der Waals surface area (Å²) in [4.78, 5) is 11.7. The third-order valence-corrected chi connectivity index (χ3v) is 1.98. The summed E-state index contributed by atoms with van der Waals surface area (Å²) in [5, 5.41) is 10.6. The van der Waals surface area contributed by atoms with Crippen LogP contribution in [0.2, 0.25) is 0 Å². The van der Waals surface area contributed by atoms with Gasteiger partial charge in [-0.15, -0.1) is 6.58 Å². The van der Waals surface area contributed by atoms with Crippen molar-refractivity contribution in [2.75, 3.05) is 6.54 Å². The highest BCUT2D eigenvalue weighted by Gasteiger charge is 2.11. The SMILES string of the molecule is C=CCNC(=O)c1cc(C)nnc1CC. The monoisotopic (exact) mass is 205 g/mol. The van der Waals surface area contributed by atoms with Crippen LogP contribution >= 0.6 is 0 Å². The summed E-state index contributed by atoms with van der Waals surface area (Å²) in [6.07, 6.45) is 2.34. The number of nitrogens with one attached hydrogen (secondary N) is 1. The van der Waals surface area contributed by atoms with Crippen LogP contribution in [-0.4, -0.2) is 22.6 Å². The van der Waals surface area contributed by atoms with Crippen molar-refractivity contribution in [3.05, 3.63) is 35.7 Å². The van der Waals surface area contributed by atoms with Gasteiger partial charge in [-0.1, -0.05) is 13.0 Å². The lowest BCUT2D eigenvalue weighted by Crippen LogP contribution is -2.25. The fourth-order valence-corrected chi connectivity index (χ4v) is 1.23. The molecular weight excluding hydrogens is 190 g/mol. The number of hydrogen-bond acceptors (Lipinski definition) is 3. The van der Waals surface area contributed by atoms with Crippen molar-refractivity contribution in [3.63, 3.8) is 0 Å². The van der Waals surface area contributed by atoms with Gasteiger partial charge in [0.1, 0.15) is 0 Å². The predicted molar refractivity (Wildman–Crippen MR) is 58.7 cm³/mol. The van der Waals surface area contributed by atoms with Crippen LogP contribution in [0.4, 0.5) is 0 Å². The molecule has 0 aliphatic carbocycles. The normalized spacial score (nSPS) is 9.73. The molecule has 1 rings (SSSR count). The van der Waals surface area contributed by atoms with Crippen LogP contribution in [0.3, 0.4) is 0 Å². The molecule has 0 aromatic carbocycles. The Hall–Kier alpha value is -1.71. The van der Waals surface area contributed by atoms with Crippen molar-refractivity contribution >= 4 is 5.91 Å². The lowest BCUT2D eigenvalue weighted by Gasteiger charge is -2.06. The average Bonchev–Trinajstić information content (AvgIpc) is 2.25. The maximum Gasteiger partial charge on any atom is 0.253 e. The Kier molecular flexibility index (Phi) is 3.97. The van der Waals surface area contributed by atoms with Crippen LogP contribution in [0.5, 0.6) is 0 Å². The second-order valence-corrected chi connectivity index (χ2v) is 3.20. The maximum atomic E-state index is 11.7. The van der Waals surface area contributed by atoms with E-state index in [4.69, 9.17) is 0 Å². The van der Waals surface area contributed by atoms with Crippen molar-refractivity contribution in [3.8, 4) is 0 Å². The maximum absolute atomic E-state index is 11.7. The third-order valence-electron chi connectivity index (χ3n) is 1.98. The predicted octanol–water partition coefficient (Wildman–Crippen LogP) is 1.26. The molecule has 4 nitrogen and oxygen atoms in total. The van der Waals surface area contributed by atoms with E-state index in [-0.39, 0.29) is 5.91 Å². The molecule has 0 spiro atoms. The second kappa shape index (κ2) is 5.24. The van der Waals surface area contributed by atoms with E-state index < -0.39 is 0 Å². The second-order valence-electron chi connectivity index (χ2n) is 3.20. The van der Waals surface area contributed by atoms with Gasteiger partial charge in [0.25, 0.3) is 5.91 Å². The Morgan fingerprint density at radius 2 is 2.33 bits per heavy atom. The summed E-state index contributed by atoms with van der Waals surface area (Å²) < 4.78 is 0. The Morgan fingerprint density at radius 1 is 1.60 bits per heavy atom. The lowest BCUT2D eigenvalue weighted by atomic mass is 10.1. The number of aromatic nitrogens is 2. The summed E-state index contributed by atoms with van der Waals surface area (Å²) in [5.41, 5.74) is 2.07. The molecule has 0 atom stereocenters. The van der Waals surface area contributed by atoms with Crippen molar-refractivity contribution < 1.29 is 4.79 Å². The highest BCUT2D eigenvalue weighted by atomic mass is 16.1. The van der Waals surface area contributed by atoms with Gasteiger partial charge in [-0.05, 0) is 19.4 Å². The molecule has 80 valence electrons. The van der Waals surface area contributed by atoms with Gasteiger partial charge in [0.15, 0.2) is 0 Å². The van der Waals surface area contributed by atoms with Crippen LogP contribution in [0.1, 0.15) is 28.7 Å². The van der Waals surface area contributed by atoms with Gasteiger partial charge in [0.2, 0.25) is 0 Å². The third kappa shape index (κ3) is 2.87. The molecule has 1 aromatic heterocycles.